The van der Waals surface area contributed by atoms with E-state index in [1.54, 1.807) is 24.4 Å². The number of nitrogens with zero attached hydrogens (tertiary/aromatic N) is 6. The number of hydrogen-bond acceptors (Lipinski definition) is 14. The minimum Gasteiger partial charge on any atom is -0.380 e. The van der Waals surface area contributed by atoms with Gasteiger partial charge in [-0.05, 0) is 133 Å². The first kappa shape index (κ1) is 59.2. The number of carbonyl (C=O) groups excluding carboxylic acids is 3. The van der Waals surface area contributed by atoms with Crippen molar-refractivity contribution in [1.82, 2.24) is 29.7 Å². The minimum absolute atomic E-state index is 0.0171. The molecule has 3 N–H and O–H groups in total. The van der Waals surface area contributed by atoms with E-state index in [0.717, 1.165) is 106 Å². The number of imide groups is 1. The van der Waals surface area contributed by atoms with Gasteiger partial charge in [0.1, 0.15) is 10.7 Å². The van der Waals surface area contributed by atoms with Gasteiger partial charge in [0.25, 0.3) is 25.8 Å². The van der Waals surface area contributed by atoms with Crippen molar-refractivity contribution in [2.75, 3.05) is 79.8 Å². The second-order valence-corrected chi connectivity index (χ2v) is 27.7. The summed E-state index contributed by atoms with van der Waals surface area (Å²) in [7, 11) is -11.0. The molecule has 2 unspecified atom stereocenters. The van der Waals surface area contributed by atoms with Crippen molar-refractivity contribution >= 4 is 83.8 Å². The predicted molar refractivity (Wildman–Crippen MR) is 313 cm³/mol. The molecule has 6 aliphatic rings. The van der Waals surface area contributed by atoms with Gasteiger partial charge in [-0.25, -0.2) is 31.3 Å². The first-order chi connectivity index (χ1) is 39.1. The molecule has 16 nitrogen and oxygen atoms in total. The molecule has 11 rings (SSSR count). The number of allylic oxidation sites excluding steroid dienone is 1. The average Bonchev–Trinajstić information content (AvgIpc) is 3.50. The maximum atomic E-state index is 14.5. The van der Waals surface area contributed by atoms with Crippen LogP contribution in [0.4, 0.5) is 35.2 Å². The van der Waals surface area contributed by atoms with Crippen LogP contribution in [0.5, 0.6) is 0 Å². The van der Waals surface area contributed by atoms with Crippen molar-refractivity contribution in [1.29, 1.82) is 0 Å². The number of amides is 4. The number of carbonyl (C=O) groups is 3. The van der Waals surface area contributed by atoms with Crippen molar-refractivity contribution in [3.63, 3.8) is 0 Å². The molecule has 5 aromatic rings. The molecule has 5 fully saturated rings. The van der Waals surface area contributed by atoms with Crippen LogP contribution in [0.25, 0.3) is 5.57 Å². The van der Waals surface area contributed by atoms with Gasteiger partial charge in [-0.15, -0.1) is 11.8 Å². The summed E-state index contributed by atoms with van der Waals surface area (Å²) in [6.07, 6.45) is 7.36. The van der Waals surface area contributed by atoms with Crippen LogP contribution in [-0.2, 0) is 31.2 Å². The van der Waals surface area contributed by atoms with E-state index in [1.165, 1.54) is 45.5 Å². The molecule has 23 heteroatoms. The van der Waals surface area contributed by atoms with Crippen LogP contribution in [-0.4, -0.2) is 143 Å². The summed E-state index contributed by atoms with van der Waals surface area (Å²) in [6, 6.07) is 29.3. The number of hydrogen-bond donors (Lipinski definition) is 3. The van der Waals surface area contributed by atoms with E-state index in [4.69, 9.17) is 11.6 Å². The number of fused-ring (bicyclic) bond motifs is 3. The Hall–Kier alpha value is -6.01. The monoisotopic (exact) mass is 1200 g/mol. The maximum Gasteiger partial charge on any atom is 0.501 e. The van der Waals surface area contributed by atoms with Crippen LogP contribution in [0.3, 0.4) is 0 Å². The van der Waals surface area contributed by atoms with E-state index < -0.39 is 58.8 Å². The van der Waals surface area contributed by atoms with Gasteiger partial charge in [0.2, 0.25) is 5.91 Å². The number of rotatable bonds is 19. The van der Waals surface area contributed by atoms with Gasteiger partial charge in [-0.3, -0.25) is 34.5 Å². The second kappa shape index (κ2) is 24.7. The number of halogens is 4. The number of aromatic nitrogens is 1. The largest absolute Gasteiger partial charge is 0.501 e. The number of anilines is 3. The topological polar surface area (TPSA) is 185 Å². The number of urea groups is 1. The van der Waals surface area contributed by atoms with E-state index in [0.29, 0.717) is 42.2 Å². The van der Waals surface area contributed by atoms with E-state index in [-0.39, 0.29) is 41.9 Å². The van der Waals surface area contributed by atoms with Crippen LogP contribution in [0.15, 0.2) is 136 Å². The van der Waals surface area contributed by atoms with Crippen LogP contribution in [0.1, 0.15) is 80.3 Å². The van der Waals surface area contributed by atoms with Gasteiger partial charge >= 0.3 is 11.5 Å². The summed E-state index contributed by atoms with van der Waals surface area (Å²) < 4.78 is 100.0. The van der Waals surface area contributed by atoms with Crippen molar-refractivity contribution < 1.29 is 44.4 Å². The van der Waals surface area contributed by atoms with Gasteiger partial charge in [-0.1, -0.05) is 67.4 Å². The van der Waals surface area contributed by atoms with E-state index in [9.17, 15) is 44.4 Å². The highest BCUT2D eigenvalue weighted by Crippen LogP contribution is 2.43. The summed E-state index contributed by atoms with van der Waals surface area (Å²) in [5, 5.41) is 6.10. The lowest BCUT2D eigenvalue weighted by atomic mass is 9.73. The fourth-order valence-electron chi connectivity index (χ4n) is 11.8. The molecule has 436 valence electrons. The quantitative estimate of drug-likeness (QED) is 0.0664. The Kier molecular flexibility index (Phi) is 17.8. The molecule has 0 spiro atoms. The second-order valence-electron chi connectivity index (χ2n) is 22.6. The third-order valence-corrected chi connectivity index (χ3v) is 20.6. The minimum atomic E-state index is -6.13. The molecule has 1 aliphatic carbocycles. The lowest BCUT2D eigenvalue weighted by Crippen LogP contribution is -2.62. The van der Waals surface area contributed by atoms with E-state index in [1.807, 2.05) is 53.3 Å². The standard InChI is InChI=1S/C59H67ClF3N9O7S3/c1-58(2)25-22-51(41-9-13-44(60)14-10-41)43(33-58)36-68-28-30-69(31-29-68)46-15-11-42(12-16-46)56(74)67-82(78,79)50-19-20-52(53(32-50)81(76,77)59(61,62)63)65-45(39-80-49-6-4-3-5-7-49)23-26-70-37-48-18-17-47(70)38-71(48)35-40-8-21-54(64-34-40)72-27-24-55(73)66-57(72)75/h3-16,19-21,32,34,45,47-48,65H,17-18,22-31,33,35-39H2,1-2H3,(H,67,74)(H,66,73,75)/t45-,47?,48?/m1/s1. The number of pyridine rings is 1. The molecule has 2 bridgehead atoms. The normalized spacial score (nSPS) is 20.7. The molecular weight excluding hydrogens is 1140 g/mol. The van der Waals surface area contributed by atoms with Crippen LogP contribution in [0.2, 0.25) is 5.02 Å². The van der Waals surface area contributed by atoms with Crippen molar-refractivity contribution in [3.05, 3.63) is 143 Å². The Morgan fingerprint density at radius 1 is 0.841 bits per heavy atom. The molecule has 1 aromatic heterocycles. The zero-order valence-electron chi connectivity index (χ0n) is 45.7. The number of sulfone groups is 1. The lowest BCUT2D eigenvalue weighted by molar-refractivity contribution is -0.120. The molecule has 6 heterocycles. The summed E-state index contributed by atoms with van der Waals surface area (Å²) in [5.41, 5.74) is -0.185. The summed E-state index contributed by atoms with van der Waals surface area (Å²) in [5.74, 6) is -0.575. The van der Waals surface area contributed by atoms with E-state index in [2.05, 4.69) is 61.2 Å². The summed E-state index contributed by atoms with van der Waals surface area (Å²) in [4.78, 5) is 51.7. The first-order valence-electron chi connectivity index (χ1n) is 27.6. The van der Waals surface area contributed by atoms with E-state index >= 15 is 0 Å². The number of thioether (sulfide) groups is 1. The zero-order valence-corrected chi connectivity index (χ0v) is 48.9. The highest BCUT2D eigenvalue weighted by Gasteiger charge is 2.49. The SMILES string of the molecule is CC1(C)CCC(c2ccc(Cl)cc2)=C(CN2CCN(c3ccc(C(=O)NS(=O)(=O)c4ccc(N[C@H](CCN5CC6CCC5CN6Cc5ccc(N6CCC(=O)NC6=O)nc5)CSc5ccccc5)c(S(=O)(=O)C(F)(F)F)c4)cc3)CC2)C1. The van der Waals surface area contributed by atoms with Gasteiger partial charge < -0.3 is 10.2 Å². The van der Waals surface area contributed by atoms with Gasteiger partial charge in [-0.2, -0.15) is 13.2 Å². The highest BCUT2D eigenvalue weighted by atomic mass is 35.5. The number of piperidine rings is 2. The fraction of sp³-hybridized carbons (Fsp3) is 0.424. The smallest absolute Gasteiger partial charge is 0.380 e. The Morgan fingerprint density at radius 2 is 1.55 bits per heavy atom. The first-order valence-corrected chi connectivity index (χ1v) is 32.0. The summed E-state index contributed by atoms with van der Waals surface area (Å²) in [6.45, 7) is 11.5. The van der Waals surface area contributed by atoms with Gasteiger partial charge in [0.15, 0.2) is 0 Å². The van der Waals surface area contributed by atoms with Gasteiger partial charge in [0.05, 0.1) is 10.6 Å². The van der Waals surface area contributed by atoms with Crippen molar-refractivity contribution in [2.24, 2.45) is 5.41 Å². The molecule has 0 radical (unpaired) electrons. The fourth-order valence-corrected chi connectivity index (χ4v) is 14.9. The molecule has 4 amide bonds. The molecule has 0 saturated carbocycles. The van der Waals surface area contributed by atoms with Crippen molar-refractivity contribution in [2.45, 2.75) is 104 Å². The van der Waals surface area contributed by atoms with Crippen LogP contribution < -0.4 is 25.2 Å². The number of alkyl halides is 3. The number of nitrogens with one attached hydrogen (secondary N) is 3. The molecule has 82 heavy (non-hydrogen) atoms. The lowest BCUT2D eigenvalue weighted by Gasteiger charge is -2.52. The summed E-state index contributed by atoms with van der Waals surface area (Å²) >= 11 is 7.66. The Bertz CT molecular complexity index is 3410. The third-order valence-electron chi connectivity index (χ3n) is 16.3. The Morgan fingerprint density at radius 3 is 2.21 bits per heavy atom. The maximum absolute atomic E-state index is 14.5. The van der Waals surface area contributed by atoms with Gasteiger partial charge in [0, 0.05) is 123 Å². The predicted octanol–water partition coefficient (Wildman–Crippen LogP) is 9.69. The van der Waals surface area contributed by atoms with Crippen LogP contribution >= 0.6 is 23.4 Å². The zero-order chi connectivity index (χ0) is 58.0. The molecular formula is C59H67ClF3N9O7S3. The third kappa shape index (κ3) is 14.0. The Balaban J connectivity index is 0.784. The van der Waals surface area contributed by atoms with Crippen molar-refractivity contribution in [3.8, 4) is 0 Å². The average molecular weight is 1200 g/mol. The Labute approximate surface area is 486 Å². The molecule has 3 atom stereocenters. The number of sulfonamides is 1. The molecule has 5 saturated heterocycles. The highest BCUT2D eigenvalue weighted by molar-refractivity contribution is 7.99. The molecule has 4 aromatic carbocycles. The number of piperazine rings is 2. The molecule has 5 aliphatic heterocycles. The number of benzene rings is 4. The van der Waals surface area contributed by atoms with Crippen LogP contribution in [0, 0.1) is 5.41 Å².